The van der Waals surface area contributed by atoms with E-state index in [0.29, 0.717) is 0 Å². The summed E-state index contributed by atoms with van der Waals surface area (Å²) in [6.45, 7) is 0. The summed E-state index contributed by atoms with van der Waals surface area (Å²) in [5.74, 6) is -8.60. The van der Waals surface area contributed by atoms with E-state index in [-0.39, 0.29) is 16.7 Å². The molecular formula is C24H17F7N2O2. The maximum absolute atomic E-state index is 14.0. The first-order valence-corrected chi connectivity index (χ1v) is 10.3. The lowest BCUT2D eigenvalue weighted by molar-refractivity contribution is -0.218. The van der Waals surface area contributed by atoms with Crippen LogP contribution in [-0.2, 0) is 16.0 Å². The minimum absolute atomic E-state index is 0.0169. The normalized spacial score (nSPS) is 22.3. The molecule has 0 bridgehead atoms. The summed E-state index contributed by atoms with van der Waals surface area (Å²) in [5.41, 5.74) is 0.487. The topological polar surface area (TPSA) is 50.4 Å². The number of ether oxygens (including phenoxy) is 1. The van der Waals surface area contributed by atoms with Crippen molar-refractivity contribution in [1.29, 1.82) is 0 Å². The molecule has 1 saturated heterocycles. The van der Waals surface area contributed by atoms with Crippen LogP contribution in [0.3, 0.4) is 0 Å². The number of nitrogens with one attached hydrogen (secondary N) is 2. The fraction of sp³-hybridized carbons (Fsp3) is 0.208. The third-order valence-electron chi connectivity index (χ3n) is 5.46. The average molecular weight is 498 g/mol. The Balaban J connectivity index is 1.80. The molecule has 0 spiro atoms. The van der Waals surface area contributed by atoms with Gasteiger partial charge in [-0.2, -0.15) is 13.2 Å². The largest absolute Gasteiger partial charge is 0.491 e. The standard InChI is InChI=1S/C24H17F7N2O2/c25-16-5-1-3-14(10-16)20-21(15-4-2-6-17(26)11-15)33-23(32-20,35-22(34)24(29,30)31)12-13-7-8-18(27)19(28)9-13/h1-11,20-21,32-33H,12H2. The van der Waals surface area contributed by atoms with Crippen molar-refractivity contribution in [3.8, 4) is 0 Å². The second-order valence-corrected chi connectivity index (χ2v) is 7.99. The van der Waals surface area contributed by atoms with Crippen molar-refractivity contribution in [2.75, 3.05) is 0 Å². The van der Waals surface area contributed by atoms with Crippen LogP contribution in [0, 0.1) is 23.3 Å². The van der Waals surface area contributed by atoms with Gasteiger partial charge in [-0.3, -0.25) is 10.6 Å². The number of alkyl halides is 3. The van der Waals surface area contributed by atoms with E-state index in [9.17, 15) is 35.5 Å². The summed E-state index contributed by atoms with van der Waals surface area (Å²) in [5, 5.41) is 5.48. The van der Waals surface area contributed by atoms with Gasteiger partial charge < -0.3 is 4.74 Å². The number of rotatable bonds is 5. The zero-order valence-electron chi connectivity index (χ0n) is 17.7. The van der Waals surface area contributed by atoms with Gasteiger partial charge in [0.25, 0.3) is 0 Å². The molecule has 4 nitrogen and oxygen atoms in total. The molecule has 4 rings (SSSR count). The fourth-order valence-corrected chi connectivity index (χ4v) is 4.01. The van der Waals surface area contributed by atoms with Gasteiger partial charge in [0.05, 0.1) is 12.1 Å². The Bertz CT molecular complexity index is 1200. The fourth-order valence-electron chi connectivity index (χ4n) is 4.01. The molecule has 0 aromatic heterocycles. The van der Waals surface area contributed by atoms with Gasteiger partial charge in [-0.15, -0.1) is 0 Å². The van der Waals surface area contributed by atoms with Crippen molar-refractivity contribution in [1.82, 2.24) is 10.6 Å². The first kappa shape index (κ1) is 24.7. The van der Waals surface area contributed by atoms with Crippen LogP contribution in [0.5, 0.6) is 0 Å². The predicted molar refractivity (Wildman–Crippen MR) is 109 cm³/mol. The summed E-state index contributed by atoms with van der Waals surface area (Å²) < 4.78 is 99.4. The molecule has 0 radical (unpaired) electrons. The molecular weight excluding hydrogens is 481 g/mol. The second-order valence-electron chi connectivity index (χ2n) is 7.99. The minimum atomic E-state index is -5.38. The van der Waals surface area contributed by atoms with Gasteiger partial charge >= 0.3 is 12.1 Å². The van der Waals surface area contributed by atoms with Crippen LogP contribution in [-0.4, -0.2) is 18.0 Å². The van der Waals surface area contributed by atoms with Crippen LogP contribution in [0.1, 0.15) is 28.8 Å². The van der Waals surface area contributed by atoms with Crippen LogP contribution in [0.15, 0.2) is 66.7 Å². The Kier molecular flexibility index (Phi) is 6.56. The highest BCUT2D eigenvalue weighted by Crippen LogP contribution is 2.40. The smallest absolute Gasteiger partial charge is 0.423 e. The van der Waals surface area contributed by atoms with Gasteiger partial charge in [0.2, 0.25) is 5.85 Å². The van der Waals surface area contributed by atoms with E-state index in [1.54, 1.807) is 0 Å². The lowest BCUT2D eigenvalue weighted by Gasteiger charge is -2.31. The monoisotopic (exact) mass is 498 g/mol. The maximum atomic E-state index is 14.0. The van der Waals surface area contributed by atoms with Crippen LogP contribution in [0.4, 0.5) is 30.7 Å². The lowest BCUT2D eigenvalue weighted by Crippen LogP contribution is -2.56. The van der Waals surface area contributed by atoms with Crippen molar-refractivity contribution < 1.29 is 40.3 Å². The average Bonchev–Trinajstić information content (AvgIpc) is 3.15. The van der Waals surface area contributed by atoms with Gasteiger partial charge in [0.1, 0.15) is 11.6 Å². The highest BCUT2D eigenvalue weighted by atomic mass is 19.4. The van der Waals surface area contributed by atoms with E-state index < -0.39 is 59.8 Å². The van der Waals surface area contributed by atoms with E-state index in [4.69, 9.17) is 4.74 Å². The maximum Gasteiger partial charge on any atom is 0.491 e. The molecule has 35 heavy (non-hydrogen) atoms. The molecule has 1 aliphatic rings. The predicted octanol–water partition coefficient (Wildman–Crippen LogP) is 5.22. The molecule has 184 valence electrons. The number of halogens is 7. The quantitative estimate of drug-likeness (QED) is 0.374. The van der Waals surface area contributed by atoms with Gasteiger partial charge in [-0.1, -0.05) is 30.3 Å². The second kappa shape index (κ2) is 9.31. The van der Waals surface area contributed by atoms with Crippen molar-refractivity contribution in [3.63, 3.8) is 0 Å². The molecule has 2 N–H and O–H groups in total. The van der Waals surface area contributed by atoms with E-state index in [0.717, 1.165) is 42.5 Å². The van der Waals surface area contributed by atoms with Crippen LogP contribution in [0.25, 0.3) is 0 Å². The molecule has 0 amide bonds. The zero-order chi connectivity index (χ0) is 25.4. The Labute approximate surface area is 194 Å². The zero-order valence-corrected chi connectivity index (χ0v) is 17.7. The first-order valence-electron chi connectivity index (χ1n) is 10.3. The molecule has 2 atom stereocenters. The lowest BCUT2D eigenvalue weighted by atomic mass is 9.95. The van der Waals surface area contributed by atoms with Crippen molar-refractivity contribution in [2.24, 2.45) is 0 Å². The van der Waals surface area contributed by atoms with Crippen molar-refractivity contribution in [2.45, 2.75) is 30.5 Å². The summed E-state index contributed by atoms with van der Waals surface area (Å²) in [6, 6.07) is 10.8. The Morgan fingerprint density at radius 2 is 1.34 bits per heavy atom. The summed E-state index contributed by atoms with van der Waals surface area (Å²) in [6.07, 6.45) is -5.96. The number of esters is 1. The molecule has 1 fully saturated rings. The molecule has 11 heteroatoms. The third kappa shape index (κ3) is 5.46. The van der Waals surface area contributed by atoms with Gasteiger partial charge in [-0.05, 0) is 53.1 Å². The number of carbonyl (C=O) groups excluding carboxylic acids is 1. The molecule has 2 unspecified atom stereocenters. The van der Waals surface area contributed by atoms with Crippen LogP contribution in [0.2, 0.25) is 0 Å². The van der Waals surface area contributed by atoms with E-state index in [2.05, 4.69) is 10.6 Å². The molecule has 3 aromatic carbocycles. The minimum Gasteiger partial charge on any atom is -0.423 e. The first-order chi connectivity index (χ1) is 16.5. The summed E-state index contributed by atoms with van der Waals surface area (Å²) >= 11 is 0. The van der Waals surface area contributed by atoms with Crippen molar-refractivity contribution in [3.05, 3.63) is 107 Å². The Hall–Kier alpha value is -3.44. The number of carbonyl (C=O) groups is 1. The van der Waals surface area contributed by atoms with Gasteiger partial charge in [0, 0.05) is 6.42 Å². The Morgan fingerprint density at radius 3 is 1.80 bits per heavy atom. The highest BCUT2D eigenvalue weighted by molar-refractivity contribution is 5.76. The van der Waals surface area contributed by atoms with Gasteiger partial charge in [-0.25, -0.2) is 22.4 Å². The van der Waals surface area contributed by atoms with Crippen LogP contribution < -0.4 is 10.6 Å². The number of benzene rings is 3. The van der Waals surface area contributed by atoms with E-state index in [1.807, 2.05) is 0 Å². The summed E-state index contributed by atoms with van der Waals surface area (Å²) in [4.78, 5) is 11.9. The van der Waals surface area contributed by atoms with E-state index in [1.165, 1.54) is 24.3 Å². The number of hydrogen-bond donors (Lipinski definition) is 2. The van der Waals surface area contributed by atoms with E-state index >= 15 is 0 Å². The number of hydrogen-bond acceptors (Lipinski definition) is 4. The third-order valence-corrected chi connectivity index (χ3v) is 5.46. The summed E-state index contributed by atoms with van der Waals surface area (Å²) in [7, 11) is 0. The van der Waals surface area contributed by atoms with Crippen molar-refractivity contribution >= 4 is 5.97 Å². The molecule has 0 saturated carbocycles. The Morgan fingerprint density at radius 1 is 0.800 bits per heavy atom. The molecule has 1 aliphatic heterocycles. The molecule has 0 aliphatic carbocycles. The highest BCUT2D eigenvalue weighted by Gasteiger charge is 2.53. The molecule has 1 heterocycles. The van der Waals surface area contributed by atoms with Crippen LogP contribution >= 0.6 is 0 Å². The molecule has 3 aromatic rings. The SMILES string of the molecule is O=C(OC1(Cc2ccc(F)c(F)c2)NC(c2cccc(F)c2)C(c2cccc(F)c2)N1)C(F)(F)F. The van der Waals surface area contributed by atoms with Gasteiger partial charge in [0.15, 0.2) is 11.6 Å².